The van der Waals surface area contributed by atoms with E-state index >= 15 is 0 Å². The lowest BCUT2D eigenvalue weighted by Crippen LogP contribution is -2.34. The Balaban J connectivity index is 1.95. The number of benzene rings is 1. The molecule has 0 spiro atoms. The number of hydrogen-bond acceptors (Lipinski definition) is 6. The molecule has 0 bridgehead atoms. The van der Waals surface area contributed by atoms with Crippen LogP contribution in [0.15, 0.2) is 59.1 Å². The molecule has 30 heavy (non-hydrogen) atoms. The zero-order valence-corrected chi connectivity index (χ0v) is 18.0. The van der Waals surface area contributed by atoms with Crippen molar-refractivity contribution < 1.29 is 20.1 Å². The van der Waals surface area contributed by atoms with Gasteiger partial charge in [-0.2, -0.15) is 0 Å². The fraction of sp³-hybridized carbons (Fsp3) is 0.375. The van der Waals surface area contributed by atoms with Gasteiger partial charge < -0.3 is 20.2 Å². The first-order valence-corrected chi connectivity index (χ1v) is 10.5. The number of aromatic hydroxyl groups is 1. The minimum Gasteiger partial charge on any atom is -0.508 e. The molecule has 0 saturated heterocycles. The summed E-state index contributed by atoms with van der Waals surface area (Å²) in [5.74, 6) is -0.672. The summed E-state index contributed by atoms with van der Waals surface area (Å²) in [6.07, 6.45) is 5.27. The molecule has 1 aromatic carbocycles. The van der Waals surface area contributed by atoms with Crippen LogP contribution in [-0.2, 0) is 4.79 Å². The van der Waals surface area contributed by atoms with E-state index in [1.807, 2.05) is 39.8 Å². The molecule has 0 aliphatic heterocycles. The molecule has 6 heteroatoms. The SMILES string of the molecule is CCN(CC)c1ccc(C2=C(O)/C(=C3\C=CC(N(CC)CC)C=C3O)C2=O)c(O)c1. The highest BCUT2D eigenvalue weighted by molar-refractivity contribution is 6.39. The highest BCUT2D eigenvalue weighted by atomic mass is 16.3. The lowest BCUT2D eigenvalue weighted by Gasteiger charge is -2.29. The molecule has 2 aliphatic rings. The minimum atomic E-state index is -0.390. The van der Waals surface area contributed by atoms with Crippen molar-refractivity contribution in [2.45, 2.75) is 33.7 Å². The van der Waals surface area contributed by atoms with Crippen molar-refractivity contribution in [1.82, 2.24) is 4.90 Å². The van der Waals surface area contributed by atoms with E-state index < -0.39 is 0 Å². The highest BCUT2D eigenvalue weighted by Gasteiger charge is 2.39. The second kappa shape index (κ2) is 8.79. The molecule has 0 aromatic heterocycles. The van der Waals surface area contributed by atoms with Gasteiger partial charge in [0, 0.05) is 36.0 Å². The van der Waals surface area contributed by atoms with E-state index in [0.717, 1.165) is 31.9 Å². The number of aliphatic hydroxyl groups excluding tert-OH is 2. The molecular formula is C24H30N2O4. The number of anilines is 1. The Morgan fingerprint density at radius 3 is 2.10 bits per heavy atom. The number of hydrogen-bond donors (Lipinski definition) is 3. The van der Waals surface area contributed by atoms with Crippen molar-refractivity contribution in [3.63, 3.8) is 0 Å². The van der Waals surface area contributed by atoms with Crippen LogP contribution in [0.5, 0.6) is 5.75 Å². The van der Waals surface area contributed by atoms with Crippen LogP contribution in [0.25, 0.3) is 5.57 Å². The highest BCUT2D eigenvalue weighted by Crippen LogP contribution is 2.43. The quantitative estimate of drug-likeness (QED) is 0.587. The number of allylic oxidation sites excluding steroid dienone is 3. The molecule has 1 aromatic rings. The monoisotopic (exact) mass is 410 g/mol. The van der Waals surface area contributed by atoms with Gasteiger partial charge in [-0.15, -0.1) is 0 Å². The molecular weight excluding hydrogens is 380 g/mol. The van der Waals surface area contributed by atoms with Crippen molar-refractivity contribution >= 4 is 17.0 Å². The minimum absolute atomic E-state index is 0.0237. The Morgan fingerprint density at radius 2 is 1.60 bits per heavy atom. The van der Waals surface area contributed by atoms with Gasteiger partial charge in [-0.1, -0.05) is 26.0 Å². The van der Waals surface area contributed by atoms with Crippen LogP contribution >= 0.6 is 0 Å². The number of likely N-dealkylation sites (N-methyl/N-ethyl adjacent to an activating group) is 1. The fourth-order valence-corrected chi connectivity index (χ4v) is 4.09. The number of ketones is 1. The van der Waals surface area contributed by atoms with Gasteiger partial charge in [0.05, 0.1) is 17.2 Å². The Morgan fingerprint density at radius 1 is 0.933 bits per heavy atom. The van der Waals surface area contributed by atoms with E-state index in [2.05, 4.69) is 9.80 Å². The molecule has 0 radical (unpaired) electrons. The number of nitrogens with zero attached hydrogens (tertiary/aromatic N) is 2. The van der Waals surface area contributed by atoms with E-state index in [0.29, 0.717) is 11.1 Å². The first-order chi connectivity index (χ1) is 14.4. The first-order valence-electron chi connectivity index (χ1n) is 10.5. The number of carbonyl (C=O) groups is 1. The van der Waals surface area contributed by atoms with Crippen LogP contribution < -0.4 is 4.90 Å². The Bertz CT molecular complexity index is 963. The average molecular weight is 411 g/mol. The van der Waals surface area contributed by atoms with Crippen molar-refractivity contribution in [2.75, 3.05) is 31.1 Å². The topological polar surface area (TPSA) is 84.2 Å². The van der Waals surface area contributed by atoms with Gasteiger partial charge >= 0.3 is 0 Å². The molecule has 1 unspecified atom stereocenters. The largest absolute Gasteiger partial charge is 0.508 e. The number of phenols is 1. The number of rotatable bonds is 7. The van der Waals surface area contributed by atoms with Crippen molar-refractivity contribution in [2.24, 2.45) is 0 Å². The summed E-state index contributed by atoms with van der Waals surface area (Å²) < 4.78 is 0. The lowest BCUT2D eigenvalue weighted by molar-refractivity contribution is -0.111. The normalized spacial score (nSPS) is 21.2. The molecule has 3 rings (SSSR count). The smallest absolute Gasteiger partial charge is 0.202 e. The molecule has 0 fully saturated rings. The van der Waals surface area contributed by atoms with E-state index in [1.54, 1.807) is 24.3 Å². The van der Waals surface area contributed by atoms with Gasteiger partial charge in [0.2, 0.25) is 5.78 Å². The Hall–Kier alpha value is -2.99. The number of Topliss-reactive ketones (excluding diaryl/α,β-unsaturated/α-hetero) is 1. The van der Waals surface area contributed by atoms with Gasteiger partial charge in [-0.25, -0.2) is 0 Å². The van der Waals surface area contributed by atoms with Crippen molar-refractivity contribution in [3.05, 3.63) is 64.7 Å². The van der Waals surface area contributed by atoms with Crippen LogP contribution in [-0.4, -0.2) is 58.2 Å². The van der Waals surface area contributed by atoms with E-state index in [1.165, 1.54) is 0 Å². The number of carbonyl (C=O) groups excluding carboxylic acids is 1. The molecule has 0 heterocycles. The summed E-state index contributed by atoms with van der Waals surface area (Å²) in [5.41, 5.74) is 1.62. The summed E-state index contributed by atoms with van der Waals surface area (Å²) in [4.78, 5) is 17.1. The van der Waals surface area contributed by atoms with Crippen LogP contribution in [0.4, 0.5) is 5.69 Å². The van der Waals surface area contributed by atoms with Crippen LogP contribution in [0.3, 0.4) is 0 Å². The second-order valence-electron chi connectivity index (χ2n) is 7.34. The van der Waals surface area contributed by atoms with Crippen LogP contribution in [0.1, 0.15) is 33.3 Å². The molecule has 0 saturated carbocycles. The summed E-state index contributed by atoms with van der Waals surface area (Å²) in [5, 5.41) is 31.6. The Labute approximate surface area is 177 Å². The van der Waals surface area contributed by atoms with Crippen molar-refractivity contribution in [1.29, 1.82) is 0 Å². The third-order valence-electron chi connectivity index (χ3n) is 5.87. The van der Waals surface area contributed by atoms with E-state index in [9.17, 15) is 20.1 Å². The van der Waals surface area contributed by atoms with Gasteiger partial charge in [0.25, 0.3) is 0 Å². The van der Waals surface area contributed by atoms with Gasteiger partial charge in [0.1, 0.15) is 17.3 Å². The van der Waals surface area contributed by atoms with Crippen molar-refractivity contribution in [3.8, 4) is 5.75 Å². The molecule has 160 valence electrons. The maximum atomic E-state index is 12.8. The first kappa shape index (κ1) is 21.7. The maximum Gasteiger partial charge on any atom is 0.202 e. The predicted octanol–water partition coefficient (Wildman–Crippen LogP) is 4.11. The van der Waals surface area contributed by atoms with Crippen LogP contribution in [0, 0.1) is 0 Å². The number of phenolic OH excluding ortho intramolecular Hbond substituents is 1. The predicted molar refractivity (Wildman–Crippen MR) is 120 cm³/mol. The lowest BCUT2D eigenvalue weighted by atomic mass is 9.79. The number of aliphatic hydroxyl groups is 2. The third-order valence-corrected chi connectivity index (χ3v) is 5.87. The second-order valence-corrected chi connectivity index (χ2v) is 7.34. The average Bonchev–Trinajstić information content (AvgIpc) is 2.73. The fourth-order valence-electron chi connectivity index (χ4n) is 4.09. The molecule has 3 N–H and O–H groups in total. The molecule has 0 amide bonds. The molecule has 2 aliphatic carbocycles. The molecule has 6 nitrogen and oxygen atoms in total. The van der Waals surface area contributed by atoms with Crippen LogP contribution in [0.2, 0.25) is 0 Å². The summed E-state index contributed by atoms with van der Waals surface area (Å²) in [6.45, 7) is 11.4. The summed E-state index contributed by atoms with van der Waals surface area (Å²) >= 11 is 0. The standard InChI is InChI=1S/C24H30N2O4/c1-5-25(6-2)15-9-11-17(19(27)13-15)21-23(29)22(24(21)30)18-12-10-16(14-20(18)28)26(7-3)8-4/h9-15,27-29H,5-8H2,1-4H3/b21-17-. The maximum absolute atomic E-state index is 12.8. The zero-order valence-electron chi connectivity index (χ0n) is 18.0. The van der Waals surface area contributed by atoms with Gasteiger partial charge in [-0.3, -0.25) is 9.69 Å². The zero-order chi connectivity index (χ0) is 22.0. The Kier molecular flexibility index (Phi) is 6.37. The summed E-state index contributed by atoms with van der Waals surface area (Å²) in [6, 6.07) is 5.03. The van der Waals surface area contributed by atoms with E-state index in [4.69, 9.17) is 0 Å². The van der Waals surface area contributed by atoms with Gasteiger partial charge in [0.15, 0.2) is 0 Å². The molecule has 1 atom stereocenters. The third kappa shape index (κ3) is 3.63. The van der Waals surface area contributed by atoms with Gasteiger partial charge in [-0.05, 0) is 45.1 Å². The summed E-state index contributed by atoms with van der Waals surface area (Å²) in [7, 11) is 0. The van der Waals surface area contributed by atoms with E-state index in [-0.39, 0.29) is 40.2 Å².